The van der Waals surface area contributed by atoms with Gasteiger partial charge in [0.05, 0.1) is 5.56 Å². The highest BCUT2D eigenvalue weighted by Crippen LogP contribution is 2.30. The van der Waals surface area contributed by atoms with Gasteiger partial charge in [0.2, 0.25) is 0 Å². The monoisotopic (exact) mass is 282 g/mol. The average molecular weight is 283 g/mol. The molecule has 1 saturated carbocycles. The highest BCUT2D eigenvalue weighted by atomic mass is 35.5. The second kappa shape index (κ2) is 5.78. The predicted molar refractivity (Wildman–Crippen MR) is 75.8 cm³/mol. The van der Waals surface area contributed by atoms with E-state index in [-0.39, 0.29) is 10.7 Å². The van der Waals surface area contributed by atoms with Crippen LogP contribution in [-0.2, 0) is 0 Å². The molecule has 5 heteroatoms. The summed E-state index contributed by atoms with van der Waals surface area (Å²) in [6.45, 7) is 4.50. The van der Waals surface area contributed by atoms with Gasteiger partial charge in [-0.3, -0.25) is 0 Å². The molecular weight excluding hydrogens is 264 g/mol. The maximum Gasteiger partial charge on any atom is 0.335 e. The van der Waals surface area contributed by atoms with Gasteiger partial charge in [-0.05, 0) is 43.2 Å². The second-order valence-electron chi connectivity index (χ2n) is 5.63. The standard InChI is InChI=1S/C14H19ClN2O2/c1-8-3-9(2)5-11(4-8)16-13-7-10(14(18)19)6-12(15)17-13/h6-9,11H,3-5H2,1-2H3,(H,16,17)(H,18,19). The maximum absolute atomic E-state index is 11.0. The van der Waals surface area contributed by atoms with Crippen molar-refractivity contribution in [2.45, 2.75) is 39.2 Å². The molecule has 0 saturated heterocycles. The first-order valence-corrected chi connectivity index (χ1v) is 6.99. The van der Waals surface area contributed by atoms with Crippen molar-refractivity contribution in [1.82, 2.24) is 4.98 Å². The van der Waals surface area contributed by atoms with E-state index in [9.17, 15) is 4.79 Å². The molecule has 2 atom stereocenters. The van der Waals surface area contributed by atoms with Gasteiger partial charge in [0.25, 0.3) is 0 Å². The Kier molecular flexibility index (Phi) is 4.30. The van der Waals surface area contributed by atoms with Gasteiger partial charge in [0.1, 0.15) is 11.0 Å². The van der Waals surface area contributed by atoms with Gasteiger partial charge < -0.3 is 10.4 Å². The highest BCUT2D eigenvalue weighted by Gasteiger charge is 2.24. The summed E-state index contributed by atoms with van der Waals surface area (Å²) in [7, 11) is 0. The van der Waals surface area contributed by atoms with Crippen LogP contribution in [0.5, 0.6) is 0 Å². The zero-order valence-electron chi connectivity index (χ0n) is 11.2. The van der Waals surface area contributed by atoms with Crippen LogP contribution < -0.4 is 5.32 Å². The number of nitrogens with zero attached hydrogens (tertiary/aromatic N) is 1. The number of nitrogens with one attached hydrogen (secondary N) is 1. The Bertz CT molecular complexity index is 469. The van der Waals surface area contributed by atoms with E-state index in [1.165, 1.54) is 18.6 Å². The fourth-order valence-corrected chi connectivity index (χ4v) is 3.18. The van der Waals surface area contributed by atoms with E-state index in [1.807, 2.05) is 0 Å². The minimum absolute atomic E-state index is 0.166. The van der Waals surface area contributed by atoms with Crippen molar-refractivity contribution in [3.05, 3.63) is 22.8 Å². The van der Waals surface area contributed by atoms with Crippen LogP contribution in [0.2, 0.25) is 5.15 Å². The first-order chi connectivity index (χ1) is 8.94. The Balaban J connectivity index is 2.12. The van der Waals surface area contributed by atoms with E-state index in [0.717, 1.165) is 12.8 Å². The third-order valence-corrected chi connectivity index (χ3v) is 3.77. The average Bonchev–Trinajstić information content (AvgIpc) is 2.26. The summed E-state index contributed by atoms with van der Waals surface area (Å²) in [5, 5.41) is 12.5. The molecule has 0 aliphatic heterocycles. The smallest absolute Gasteiger partial charge is 0.335 e. The van der Waals surface area contributed by atoms with Gasteiger partial charge in [-0.25, -0.2) is 9.78 Å². The zero-order chi connectivity index (χ0) is 14.0. The molecule has 0 bridgehead atoms. The number of pyridine rings is 1. The lowest BCUT2D eigenvalue weighted by Crippen LogP contribution is -2.30. The molecule has 0 aromatic carbocycles. The summed E-state index contributed by atoms with van der Waals surface area (Å²) in [5.41, 5.74) is 0.166. The molecule has 0 amide bonds. The van der Waals surface area contributed by atoms with Gasteiger partial charge in [0.15, 0.2) is 0 Å². The fraction of sp³-hybridized carbons (Fsp3) is 0.571. The molecule has 2 unspecified atom stereocenters. The van der Waals surface area contributed by atoms with Crippen molar-refractivity contribution in [3.8, 4) is 0 Å². The Morgan fingerprint density at radius 2 is 1.95 bits per heavy atom. The normalized spacial score (nSPS) is 27.0. The molecular formula is C14H19ClN2O2. The number of carboxylic acid groups (broad SMARTS) is 1. The van der Waals surface area contributed by atoms with Crippen LogP contribution in [0.4, 0.5) is 5.82 Å². The summed E-state index contributed by atoms with van der Waals surface area (Å²) < 4.78 is 0. The molecule has 104 valence electrons. The van der Waals surface area contributed by atoms with E-state index in [0.29, 0.717) is 23.7 Å². The molecule has 0 radical (unpaired) electrons. The molecule has 19 heavy (non-hydrogen) atoms. The van der Waals surface area contributed by atoms with Crippen molar-refractivity contribution in [3.63, 3.8) is 0 Å². The Labute approximate surface area is 118 Å². The third kappa shape index (κ3) is 3.83. The molecule has 1 aromatic rings. The molecule has 2 rings (SSSR count). The third-order valence-electron chi connectivity index (χ3n) is 3.57. The van der Waals surface area contributed by atoms with E-state index < -0.39 is 5.97 Å². The van der Waals surface area contributed by atoms with Crippen molar-refractivity contribution >= 4 is 23.4 Å². The largest absolute Gasteiger partial charge is 0.478 e. The molecule has 2 N–H and O–H groups in total. The van der Waals surface area contributed by atoms with E-state index in [2.05, 4.69) is 24.1 Å². The summed E-state index contributed by atoms with van der Waals surface area (Å²) in [6.07, 6.45) is 3.42. The number of hydrogen-bond acceptors (Lipinski definition) is 3. The zero-order valence-corrected chi connectivity index (χ0v) is 11.9. The summed E-state index contributed by atoms with van der Waals surface area (Å²) in [4.78, 5) is 15.1. The quantitative estimate of drug-likeness (QED) is 0.831. The summed E-state index contributed by atoms with van der Waals surface area (Å²) in [6, 6.07) is 3.24. The summed E-state index contributed by atoms with van der Waals surface area (Å²) in [5.74, 6) is 0.924. The molecule has 4 nitrogen and oxygen atoms in total. The highest BCUT2D eigenvalue weighted by molar-refractivity contribution is 6.29. The lowest BCUT2D eigenvalue weighted by molar-refractivity contribution is 0.0697. The van der Waals surface area contributed by atoms with Crippen LogP contribution in [0, 0.1) is 11.8 Å². The molecule has 1 aliphatic rings. The number of carboxylic acids is 1. The second-order valence-corrected chi connectivity index (χ2v) is 6.01. The topological polar surface area (TPSA) is 62.2 Å². The van der Waals surface area contributed by atoms with Crippen molar-refractivity contribution in [1.29, 1.82) is 0 Å². The lowest BCUT2D eigenvalue weighted by Gasteiger charge is -2.32. The Morgan fingerprint density at radius 1 is 1.32 bits per heavy atom. The fourth-order valence-electron chi connectivity index (χ4n) is 2.97. The first kappa shape index (κ1) is 14.1. The number of aromatic nitrogens is 1. The predicted octanol–water partition coefficient (Wildman–Crippen LogP) is 3.67. The molecule has 1 aromatic heterocycles. The number of rotatable bonds is 3. The number of anilines is 1. The first-order valence-electron chi connectivity index (χ1n) is 6.61. The lowest BCUT2D eigenvalue weighted by atomic mass is 9.80. The Morgan fingerprint density at radius 3 is 2.53 bits per heavy atom. The Hall–Kier alpha value is -1.29. The van der Waals surface area contributed by atoms with Crippen LogP contribution in [0.1, 0.15) is 43.5 Å². The van der Waals surface area contributed by atoms with Gasteiger partial charge >= 0.3 is 5.97 Å². The maximum atomic E-state index is 11.0. The van der Waals surface area contributed by atoms with Crippen molar-refractivity contribution in [2.24, 2.45) is 11.8 Å². The van der Waals surface area contributed by atoms with Crippen LogP contribution >= 0.6 is 11.6 Å². The van der Waals surface area contributed by atoms with Gasteiger partial charge in [0, 0.05) is 6.04 Å². The van der Waals surface area contributed by atoms with Crippen molar-refractivity contribution in [2.75, 3.05) is 5.32 Å². The molecule has 0 spiro atoms. The number of carbonyl (C=O) groups is 1. The van der Waals surface area contributed by atoms with Gasteiger partial charge in [-0.1, -0.05) is 25.4 Å². The minimum Gasteiger partial charge on any atom is -0.478 e. The van der Waals surface area contributed by atoms with Crippen LogP contribution in [0.25, 0.3) is 0 Å². The summed E-state index contributed by atoms with van der Waals surface area (Å²) >= 11 is 5.85. The molecule has 1 aliphatic carbocycles. The van der Waals surface area contributed by atoms with Crippen LogP contribution in [0.3, 0.4) is 0 Å². The van der Waals surface area contributed by atoms with Gasteiger partial charge in [-0.2, -0.15) is 0 Å². The van der Waals surface area contributed by atoms with Crippen LogP contribution in [0.15, 0.2) is 12.1 Å². The molecule has 1 fully saturated rings. The van der Waals surface area contributed by atoms with Crippen molar-refractivity contribution < 1.29 is 9.90 Å². The SMILES string of the molecule is CC1CC(C)CC(Nc2cc(C(=O)O)cc(Cl)n2)C1. The molecule has 1 heterocycles. The number of hydrogen-bond donors (Lipinski definition) is 2. The van der Waals surface area contributed by atoms with Gasteiger partial charge in [-0.15, -0.1) is 0 Å². The van der Waals surface area contributed by atoms with E-state index in [4.69, 9.17) is 16.7 Å². The van der Waals surface area contributed by atoms with E-state index in [1.54, 1.807) is 0 Å². The number of halogens is 1. The van der Waals surface area contributed by atoms with Crippen LogP contribution in [-0.4, -0.2) is 22.1 Å². The minimum atomic E-state index is -0.988. The van der Waals surface area contributed by atoms with E-state index >= 15 is 0 Å². The number of aromatic carboxylic acids is 1.